The predicted molar refractivity (Wildman–Crippen MR) is 118 cm³/mol. The number of amides is 1. The number of aromatic nitrogens is 4. The van der Waals surface area contributed by atoms with Gasteiger partial charge in [-0.1, -0.05) is 0 Å². The van der Waals surface area contributed by atoms with Gasteiger partial charge in [0, 0.05) is 18.8 Å². The predicted octanol–water partition coefficient (Wildman–Crippen LogP) is 2.30. The number of carbonyl (C=O) groups is 1. The number of methoxy groups -OCH3 is 1. The highest BCUT2D eigenvalue weighted by atomic mass is 32.2. The molecule has 1 atom stereocenters. The molecule has 2 saturated heterocycles. The number of rotatable bonds is 7. The molecular formula is C22H20F4N6O4S. The molecule has 15 heteroatoms. The lowest BCUT2D eigenvalue weighted by Crippen LogP contribution is -2.46. The second-order valence-corrected chi connectivity index (χ2v) is 10.6. The van der Waals surface area contributed by atoms with E-state index in [0.29, 0.717) is 18.4 Å². The lowest BCUT2D eigenvalue weighted by molar-refractivity contribution is -0.145. The molecule has 3 aromatic rings. The first-order chi connectivity index (χ1) is 17.5. The Bertz CT molecular complexity index is 1420. The van der Waals surface area contributed by atoms with Crippen LogP contribution in [-0.4, -0.2) is 57.6 Å². The standard InChI is InChI=1S/C22H20F4N6O4S/c1-36-20-13(11-31(30-20)16-9-28-21(29-10-16)22(24,25)26)8-27-19(33)18-12-6-15(7-12)32(18)37(34,35)17-4-2-14(23)3-5-17/h2-5,9-12,15,18H,6-8H2,1H3,(H,27,33)/t12?,15?,18-/m0/s1. The number of halogens is 4. The Kier molecular flexibility index (Phi) is 6.14. The fourth-order valence-electron chi connectivity index (χ4n) is 4.63. The van der Waals surface area contributed by atoms with Crippen molar-refractivity contribution in [1.29, 1.82) is 0 Å². The summed E-state index contributed by atoms with van der Waals surface area (Å²) in [6.07, 6.45) is -0.244. The Hall–Kier alpha value is -3.59. The number of carbonyl (C=O) groups excluding carboxylic acids is 1. The van der Waals surface area contributed by atoms with Crippen molar-refractivity contribution in [3.05, 3.63) is 60.1 Å². The van der Waals surface area contributed by atoms with Crippen LogP contribution in [0.2, 0.25) is 0 Å². The molecule has 1 aliphatic carbocycles. The number of hydrogen-bond acceptors (Lipinski definition) is 7. The first kappa shape index (κ1) is 25.1. The van der Waals surface area contributed by atoms with Crippen LogP contribution in [0.4, 0.5) is 17.6 Å². The maximum absolute atomic E-state index is 13.3. The van der Waals surface area contributed by atoms with Gasteiger partial charge in [-0.2, -0.15) is 17.5 Å². The maximum atomic E-state index is 13.3. The van der Waals surface area contributed by atoms with Crippen molar-refractivity contribution >= 4 is 15.9 Å². The molecule has 37 heavy (non-hydrogen) atoms. The van der Waals surface area contributed by atoms with Gasteiger partial charge in [0.1, 0.15) is 17.5 Å². The van der Waals surface area contributed by atoms with Crippen molar-refractivity contribution in [2.45, 2.75) is 42.5 Å². The van der Waals surface area contributed by atoms with Crippen molar-refractivity contribution < 1.29 is 35.5 Å². The molecule has 2 aliphatic heterocycles. The second-order valence-electron chi connectivity index (χ2n) is 8.71. The number of nitrogens with one attached hydrogen (secondary N) is 1. The van der Waals surface area contributed by atoms with E-state index in [1.807, 2.05) is 0 Å². The molecule has 3 aliphatic rings. The lowest BCUT2D eigenvalue weighted by Gasteiger charge is -2.25. The van der Waals surface area contributed by atoms with Crippen LogP contribution in [0.1, 0.15) is 24.2 Å². The average Bonchev–Trinajstić information content (AvgIpc) is 3.54. The SMILES string of the molecule is COc1nn(-c2cnc(C(F)(F)F)nc2)cc1CNC(=O)[C@@H]1C2CC(C2)N1S(=O)(=O)c1ccc(F)cc1. The third kappa shape index (κ3) is 4.52. The van der Waals surface area contributed by atoms with Crippen molar-refractivity contribution in [3.63, 3.8) is 0 Å². The molecule has 10 nitrogen and oxygen atoms in total. The van der Waals surface area contributed by atoms with Gasteiger partial charge in [-0.05, 0) is 43.0 Å². The van der Waals surface area contributed by atoms with Crippen molar-refractivity contribution in [2.24, 2.45) is 5.92 Å². The van der Waals surface area contributed by atoms with Gasteiger partial charge >= 0.3 is 6.18 Å². The van der Waals surface area contributed by atoms with Crippen LogP contribution in [0.5, 0.6) is 5.88 Å². The molecule has 3 fully saturated rings. The van der Waals surface area contributed by atoms with E-state index in [9.17, 15) is 30.8 Å². The molecule has 2 bridgehead atoms. The summed E-state index contributed by atoms with van der Waals surface area (Å²) in [6.45, 7) is -0.0815. The van der Waals surface area contributed by atoms with E-state index < -0.39 is 39.8 Å². The van der Waals surface area contributed by atoms with Crippen LogP contribution >= 0.6 is 0 Å². The minimum Gasteiger partial charge on any atom is -0.480 e. The highest BCUT2D eigenvalue weighted by Crippen LogP contribution is 2.48. The first-order valence-electron chi connectivity index (χ1n) is 11.1. The van der Waals surface area contributed by atoms with Gasteiger partial charge in [0.05, 0.1) is 30.0 Å². The Balaban J connectivity index is 1.32. The summed E-state index contributed by atoms with van der Waals surface area (Å²) >= 11 is 0. The smallest absolute Gasteiger partial charge is 0.451 e. The summed E-state index contributed by atoms with van der Waals surface area (Å²) in [5, 5.41) is 6.85. The van der Waals surface area contributed by atoms with Crippen LogP contribution < -0.4 is 10.1 Å². The average molecular weight is 540 g/mol. The minimum atomic E-state index is -4.69. The molecule has 1 saturated carbocycles. The van der Waals surface area contributed by atoms with Gasteiger partial charge in [-0.15, -0.1) is 5.10 Å². The van der Waals surface area contributed by atoms with Crippen LogP contribution in [-0.2, 0) is 27.5 Å². The Labute approximate surface area is 208 Å². The largest absolute Gasteiger partial charge is 0.480 e. The summed E-state index contributed by atoms with van der Waals surface area (Å²) < 4.78 is 85.6. The maximum Gasteiger partial charge on any atom is 0.451 e. The molecular weight excluding hydrogens is 520 g/mol. The topological polar surface area (TPSA) is 119 Å². The first-order valence-corrected chi connectivity index (χ1v) is 12.5. The fourth-order valence-corrected chi connectivity index (χ4v) is 6.48. The highest BCUT2D eigenvalue weighted by molar-refractivity contribution is 7.89. The van der Waals surface area contributed by atoms with Gasteiger partial charge in [-0.25, -0.2) is 27.5 Å². The van der Waals surface area contributed by atoms with Crippen LogP contribution in [0.25, 0.3) is 5.69 Å². The molecule has 4 heterocycles. The summed E-state index contributed by atoms with van der Waals surface area (Å²) in [4.78, 5) is 19.6. The Morgan fingerprint density at radius 3 is 2.41 bits per heavy atom. The van der Waals surface area contributed by atoms with Crippen molar-refractivity contribution in [3.8, 4) is 11.6 Å². The van der Waals surface area contributed by atoms with Crippen LogP contribution in [0, 0.1) is 11.7 Å². The lowest BCUT2D eigenvalue weighted by atomic mass is 9.83. The summed E-state index contributed by atoms with van der Waals surface area (Å²) in [5.74, 6) is -2.42. The molecule has 0 unspecified atom stereocenters. The van der Waals surface area contributed by atoms with E-state index in [-0.39, 0.29) is 35.0 Å². The van der Waals surface area contributed by atoms with Crippen LogP contribution in [0.3, 0.4) is 0 Å². The molecule has 6 rings (SSSR count). The number of hydrogen-bond donors (Lipinski definition) is 1. The van der Waals surface area contributed by atoms with E-state index in [0.717, 1.165) is 24.5 Å². The molecule has 1 aromatic carbocycles. The van der Waals surface area contributed by atoms with Crippen molar-refractivity contribution in [2.75, 3.05) is 7.11 Å². The van der Waals surface area contributed by atoms with Crippen molar-refractivity contribution in [1.82, 2.24) is 29.4 Å². The van der Waals surface area contributed by atoms with Gasteiger partial charge in [0.25, 0.3) is 0 Å². The number of fused-ring (bicyclic) bond motifs is 1. The minimum absolute atomic E-state index is 0.0815. The zero-order valence-corrected chi connectivity index (χ0v) is 20.0. The Morgan fingerprint density at radius 2 is 1.81 bits per heavy atom. The summed E-state index contributed by atoms with van der Waals surface area (Å²) in [7, 11) is -2.69. The molecule has 2 aromatic heterocycles. The fraction of sp³-hybridized carbons (Fsp3) is 0.364. The van der Waals surface area contributed by atoms with E-state index in [1.54, 1.807) is 0 Å². The van der Waals surface area contributed by atoms with Gasteiger partial charge in [-0.3, -0.25) is 4.79 Å². The summed E-state index contributed by atoms with van der Waals surface area (Å²) in [6, 6.07) is 3.19. The number of nitrogens with zero attached hydrogens (tertiary/aromatic N) is 5. The Morgan fingerprint density at radius 1 is 1.16 bits per heavy atom. The molecule has 0 radical (unpaired) electrons. The number of alkyl halides is 3. The van der Waals surface area contributed by atoms with E-state index in [1.165, 1.54) is 34.4 Å². The monoisotopic (exact) mass is 540 g/mol. The third-order valence-electron chi connectivity index (χ3n) is 6.44. The zero-order valence-electron chi connectivity index (χ0n) is 19.2. The zero-order chi connectivity index (χ0) is 26.5. The van der Waals surface area contributed by atoms with E-state index in [2.05, 4.69) is 20.4 Å². The van der Waals surface area contributed by atoms with Gasteiger partial charge < -0.3 is 10.1 Å². The molecule has 1 amide bonds. The molecule has 196 valence electrons. The van der Waals surface area contributed by atoms with Gasteiger partial charge in [0.2, 0.25) is 27.6 Å². The molecule has 0 spiro atoms. The third-order valence-corrected chi connectivity index (χ3v) is 8.39. The normalized spacial score (nSPS) is 21.5. The highest BCUT2D eigenvalue weighted by Gasteiger charge is 2.58. The van der Waals surface area contributed by atoms with E-state index >= 15 is 0 Å². The second kappa shape index (κ2) is 9.06. The molecule has 1 N–H and O–H groups in total. The quantitative estimate of drug-likeness (QED) is 0.457. The number of benzene rings is 1. The number of sulfonamides is 1. The van der Waals surface area contributed by atoms with Crippen LogP contribution in [0.15, 0.2) is 47.8 Å². The van der Waals surface area contributed by atoms with E-state index in [4.69, 9.17) is 4.74 Å². The summed E-state index contributed by atoms with van der Waals surface area (Å²) in [5.41, 5.74) is 0.533. The number of ether oxygens (including phenoxy) is 1. The van der Waals surface area contributed by atoms with Gasteiger partial charge in [0.15, 0.2) is 0 Å².